The van der Waals surface area contributed by atoms with E-state index in [1.807, 2.05) is 55.4 Å². The summed E-state index contributed by atoms with van der Waals surface area (Å²) in [5, 5.41) is 14.7. The van der Waals surface area contributed by atoms with Crippen molar-refractivity contribution in [2.45, 2.75) is 78.0 Å². The van der Waals surface area contributed by atoms with Gasteiger partial charge >= 0.3 is 6.03 Å². The van der Waals surface area contributed by atoms with Crippen LogP contribution in [-0.2, 0) is 19.2 Å². The molecular formula is C25H40N6O6S3. The van der Waals surface area contributed by atoms with Gasteiger partial charge in [-0.25, -0.2) is 4.79 Å². The quantitative estimate of drug-likeness (QED) is 0.203. The van der Waals surface area contributed by atoms with Crippen molar-refractivity contribution in [3.8, 4) is 0 Å². The third-order valence-electron chi connectivity index (χ3n) is 5.67. The van der Waals surface area contributed by atoms with Crippen molar-refractivity contribution in [1.82, 2.24) is 31.9 Å². The zero-order chi connectivity index (χ0) is 30.9. The number of carbonyl (C=O) groups is 6. The fourth-order valence-electron chi connectivity index (χ4n) is 3.50. The van der Waals surface area contributed by atoms with Gasteiger partial charge in [0.25, 0.3) is 11.1 Å². The van der Waals surface area contributed by atoms with E-state index >= 15 is 0 Å². The molecule has 0 aliphatic carbocycles. The number of thiocarbonyl (C=S) groups is 1. The molecule has 6 N–H and O–H groups in total. The number of rotatable bonds is 4. The third-order valence-corrected chi connectivity index (χ3v) is 8.72. The predicted octanol–water partition coefficient (Wildman–Crippen LogP) is 2.20. The normalized spacial score (nSPS) is 25.3. The molecule has 4 saturated heterocycles. The molecule has 0 bridgehead atoms. The Kier molecular flexibility index (Phi) is 14.1. The van der Waals surface area contributed by atoms with Gasteiger partial charge in [-0.05, 0) is 23.7 Å². The van der Waals surface area contributed by atoms with Crippen LogP contribution in [0.2, 0.25) is 0 Å². The number of amides is 7. The van der Waals surface area contributed by atoms with Gasteiger partial charge in [0.2, 0.25) is 17.7 Å². The zero-order valence-corrected chi connectivity index (χ0v) is 26.4. The zero-order valence-electron chi connectivity index (χ0n) is 24.0. The SMILES string of the molecule is C=C1NC(=O)C(C(C)C)N1.CC(C)C1NC(=O)NC1=O.CC(C)C1SC(=O)NC1=O.CC(C)C1SC(=S)NC1=O. The lowest BCUT2D eigenvalue weighted by Crippen LogP contribution is -2.33. The van der Waals surface area contributed by atoms with Gasteiger partial charge in [0.1, 0.15) is 16.4 Å². The summed E-state index contributed by atoms with van der Waals surface area (Å²) in [6.07, 6.45) is 0. The highest BCUT2D eigenvalue weighted by Crippen LogP contribution is 2.26. The maximum absolute atomic E-state index is 11.0. The van der Waals surface area contributed by atoms with Crippen LogP contribution in [0.25, 0.3) is 0 Å². The fourth-order valence-corrected chi connectivity index (χ4v) is 5.57. The molecule has 4 aliphatic rings. The van der Waals surface area contributed by atoms with E-state index in [-0.39, 0.29) is 69.3 Å². The van der Waals surface area contributed by atoms with E-state index in [4.69, 9.17) is 12.2 Å². The number of carbonyl (C=O) groups excluding carboxylic acids is 6. The molecule has 224 valence electrons. The van der Waals surface area contributed by atoms with Gasteiger partial charge in [0, 0.05) is 0 Å². The molecule has 0 saturated carbocycles. The molecule has 7 amide bonds. The highest BCUT2D eigenvalue weighted by atomic mass is 32.2. The summed E-state index contributed by atoms with van der Waals surface area (Å²) in [7, 11) is 0. The fraction of sp³-hybridized carbons (Fsp3) is 0.640. The van der Waals surface area contributed by atoms with E-state index in [0.29, 0.717) is 22.0 Å². The Morgan fingerprint density at radius 1 is 0.600 bits per heavy atom. The molecule has 0 radical (unpaired) electrons. The van der Waals surface area contributed by atoms with Gasteiger partial charge < -0.3 is 21.3 Å². The van der Waals surface area contributed by atoms with Crippen LogP contribution >= 0.6 is 35.7 Å². The molecule has 0 aromatic carbocycles. The van der Waals surface area contributed by atoms with Crippen LogP contribution in [0.15, 0.2) is 12.4 Å². The highest BCUT2D eigenvalue weighted by molar-refractivity contribution is 8.24. The maximum Gasteiger partial charge on any atom is 0.322 e. The predicted molar refractivity (Wildman–Crippen MR) is 161 cm³/mol. The second-order valence-electron chi connectivity index (χ2n) is 10.6. The number of hydrogen-bond donors (Lipinski definition) is 6. The van der Waals surface area contributed by atoms with Crippen molar-refractivity contribution in [2.75, 3.05) is 0 Å². The van der Waals surface area contributed by atoms with Crippen molar-refractivity contribution in [3.63, 3.8) is 0 Å². The first kappa shape index (κ1) is 35.4. The number of urea groups is 1. The van der Waals surface area contributed by atoms with Crippen LogP contribution in [0.1, 0.15) is 55.4 Å². The van der Waals surface area contributed by atoms with Gasteiger partial charge in [-0.3, -0.25) is 34.6 Å². The molecular weight excluding hydrogens is 577 g/mol. The Hall–Kier alpha value is -2.65. The van der Waals surface area contributed by atoms with E-state index in [1.165, 1.54) is 11.8 Å². The largest absolute Gasteiger partial charge is 0.360 e. The summed E-state index contributed by atoms with van der Waals surface area (Å²) in [6, 6.07) is -0.816. The second-order valence-corrected chi connectivity index (χ2v) is 13.6. The minimum Gasteiger partial charge on any atom is -0.360 e. The molecule has 40 heavy (non-hydrogen) atoms. The smallest absolute Gasteiger partial charge is 0.322 e. The molecule has 0 spiro atoms. The Balaban J connectivity index is 0.000000267. The van der Waals surface area contributed by atoms with Crippen molar-refractivity contribution in [3.05, 3.63) is 12.4 Å². The van der Waals surface area contributed by atoms with E-state index in [9.17, 15) is 28.8 Å². The molecule has 4 heterocycles. The van der Waals surface area contributed by atoms with Gasteiger partial charge in [-0.2, -0.15) is 0 Å². The minimum atomic E-state index is -0.385. The Morgan fingerprint density at radius 2 is 1.05 bits per heavy atom. The lowest BCUT2D eigenvalue weighted by molar-refractivity contribution is -0.121. The first-order valence-corrected chi connectivity index (χ1v) is 15.0. The number of nitrogens with one attached hydrogen (secondary N) is 6. The van der Waals surface area contributed by atoms with Crippen LogP contribution in [0.4, 0.5) is 9.59 Å². The molecule has 12 nitrogen and oxygen atoms in total. The summed E-state index contributed by atoms with van der Waals surface area (Å²) >= 11 is 7.36. The van der Waals surface area contributed by atoms with Crippen LogP contribution in [0.3, 0.4) is 0 Å². The lowest BCUT2D eigenvalue weighted by atomic mass is 10.1. The van der Waals surface area contributed by atoms with Crippen LogP contribution < -0.4 is 31.9 Å². The van der Waals surface area contributed by atoms with Gasteiger partial charge in [0.15, 0.2) is 0 Å². The first-order valence-electron chi connectivity index (χ1n) is 12.8. The average Bonchev–Trinajstić information content (AvgIpc) is 3.55. The Labute approximate surface area is 249 Å². The van der Waals surface area contributed by atoms with E-state index in [2.05, 4.69) is 38.5 Å². The average molecular weight is 617 g/mol. The van der Waals surface area contributed by atoms with Gasteiger partial charge in [-0.1, -0.05) is 97.7 Å². The monoisotopic (exact) mass is 616 g/mol. The summed E-state index contributed by atoms with van der Waals surface area (Å²) in [6.45, 7) is 19.2. The summed E-state index contributed by atoms with van der Waals surface area (Å²) in [5.74, 6) is 1.41. The standard InChI is InChI=1S/C7H12N2O.C6H10N2O2.C6H9NO2S.C6H9NOS2/c1-4(2)6-7(10)9-5(3)8-6;1-3(2)4-5(9)8-6(10)7-4;2*1-3(2)4-5(8)7-6(9)10-4/h4,6,8H,3H2,1-2H3,(H,9,10);3-4H,1-2H3,(H2,7,8,9,10);2*3-4H,1-2H3,(H,7,8,9). The summed E-state index contributed by atoms with van der Waals surface area (Å²) in [5.41, 5.74) is 0. The third kappa shape index (κ3) is 11.1. The van der Waals surface area contributed by atoms with Crippen molar-refractivity contribution in [2.24, 2.45) is 23.7 Å². The molecule has 4 fully saturated rings. The molecule has 4 aliphatic heterocycles. The first-order chi connectivity index (χ1) is 18.4. The van der Waals surface area contributed by atoms with Crippen molar-refractivity contribution in [1.29, 1.82) is 0 Å². The topological polar surface area (TPSA) is 175 Å². The molecule has 15 heteroatoms. The van der Waals surface area contributed by atoms with Crippen LogP contribution in [0, 0.1) is 23.7 Å². The maximum atomic E-state index is 11.0. The van der Waals surface area contributed by atoms with Crippen LogP contribution in [-0.4, -0.2) is 61.8 Å². The van der Waals surface area contributed by atoms with Crippen molar-refractivity contribution < 1.29 is 28.8 Å². The Bertz CT molecular complexity index is 873. The minimum absolute atomic E-state index is 0.0278. The number of thioether (sulfide) groups is 2. The molecule has 4 unspecified atom stereocenters. The van der Waals surface area contributed by atoms with Gasteiger partial charge in [-0.15, -0.1) is 0 Å². The lowest BCUT2D eigenvalue weighted by Gasteiger charge is -2.10. The second kappa shape index (κ2) is 16.0. The van der Waals surface area contributed by atoms with Crippen LogP contribution in [0.5, 0.6) is 0 Å². The summed E-state index contributed by atoms with van der Waals surface area (Å²) < 4.78 is 0.615. The molecule has 4 rings (SSSR count). The number of hydrogen-bond acceptors (Lipinski definition) is 10. The van der Waals surface area contributed by atoms with E-state index < -0.39 is 0 Å². The molecule has 0 aromatic heterocycles. The molecule has 4 atom stereocenters. The van der Waals surface area contributed by atoms with E-state index in [1.54, 1.807) is 0 Å². The summed E-state index contributed by atoms with van der Waals surface area (Å²) in [4.78, 5) is 64.8. The van der Waals surface area contributed by atoms with E-state index in [0.717, 1.165) is 11.8 Å². The Morgan fingerprint density at radius 3 is 1.25 bits per heavy atom. The van der Waals surface area contributed by atoms with Crippen molar-refractivity contribution >= 4 is 75.0 Å². The molecule has 0 aromatic rings. The number of imide groups is 2. The van der Waals surface area contributed by atoms with Gasteiger partial charge in [0.05, 0.1) is 16.3 Å². The highest BCUT2D eigenvalue weighted by Gasteiger charge is 2.34.